The van der Waals surface area contributed by atoms with Gasteiger partial charge in [0.1, 0.15) is 0 Å². The Balaban J connectivity index is 1.53. The third-order valence-electron chi connectivity index (χ3n) is 5.73. The number of halogens is 2. The molecule has 2 unspecified atom stereocenters. The van der Waals surface area contributed by atoms with Crippen molar-refractivity contribution in [2.45, 2.75) is 19.3 Å². The average molecular weight is 457 g/mol. The number of hydrazone groups is 1. The molecule has 0 saturated heterocycles. The van der Waals surface area contributed by atoms with Crippen molar-refractivity contribution in [2.24, 2.45) is 16.9 Å². The molecule has 5 rings (SSSR count). The van der Waals surface area contributed by atoms with Crippen molar-refractivity contribution in [1.82, 2.24) is 20.2 Å². The Bertz CT molecular complexity index is 1360. The monoisotopic (exact) mass is 456 g/mol. The lowest BCUT2D eigenvalue weighted by molar-refractivity contribution is 0.518. The highest BCUT2D eigenvalue weighted by Crippen LogP contribution is 2.52. The van der Waals surface area contributed by atoms with Crippen molar-refractivity contribution in [3.8, 4) is 11.4 Å². The Morgan fingerprint density at radius 2 is 1.87 bits per heavy atom. The predicted molar refractivity (Wildman–Crippen MR) is 115 cm³/mol. The van der Waals surface area contributed by atoms with Gasteiger partial charge in [-0.3, -0.25) is 15.2 Å². The molecule has 1 aliphatic heterocycles. The van der Waals surface area contributed by atoms with Crippen LogP contribution in [0.1, 0.15) is 19.3 Å². The largest absolute Gasteiger partial charge is 0.434 e. The number of fused-ring (bicyclic) bond motifs is 4. The number of H-pyrrole nitrogens is 1. The minimum Gasteiger partial charge on any atom is -0.434 e. The van der Waals surface area contributed by atoms with Gasteiger partial charge in [0.05, 0.1) is 21.4 Å². The van der Waals surface area contributed by atoms with Gasteiger partial charge in [-0.25, -0.2) is 4.79 Å². The third-order valence-corrected chi connectivity index (χ3v) is 6.29. The van der Waals surface area contributed by atoms with Crippen LogP contribution in [0.3, 0.4) is 0 Å². The van der Waals surface area contributed by atoms with Gasteiger partial charge in [-0.05, 0) is 53.9 Å². The van der Waals surface area contributed by atoms with Crippen LogP contribution >= 0.6 is 23.2 Å². The SMILES string of the molecule is [C-]#[N+]c1nn(-c2cc(Cl)c(OC3=NNC(=C)C4=C3C3CCC4C3)c(Cl)c2)c(=O)[nH]c1=O. The predicted octanol–water partition coefficient (Wildman–Crippen LogP) is 3.31. The fourth-order valence-corrected chi connectivity index (χ4v) is 5.02. The molecule has 2 atom stereocenters. The molecule has 31 heavy (non-hydrogen) atoms. The van der Waals surface area contributed by atoms with E-state index in [1.54, 1.807) is 0 Å². The van der Waals surface area contributed by atoms with Crippen molar-refractivity contribution in [1.29, 1.82) is 0 Å². The molecule has 2 N–H and O–H groups in total. The molecule has 0 amide bonds. The second-order valence-electron chi connectivity index (χ2n) is 7.49. The summed E-state index contributed by atoms with van der Waals surface area (Å²) < 4.78 is 6.87. The number of nitrogens with zero attached hydrogens (tertiary/aromatic N) is 4. The summed E-state index contributed by atoms with van der Waals surface area (Å²) in [5.41, 5.74) is 4.38. The second kappa shape index (κ2) is 7.11. The molecule has 1 saturated carbocycles. The van der Waals surface area contributed by atoms with Gasteiger partial charge in [0, 0.05) is 5.57 Å². The average Bonchev–Trinajstić information content (AvgIpc) is 3.35. The summed E-state index contributed by atoms with van der Waals surface area (Å²) in [7, 11) is 0. The van der Waals surface area contributed by atoms with Crippen LogP contribution in [0, 0.1) is 18.4 Å². The van der Waals surface area contributed by atoms with E-state index in [-0.39, 0.29) is 21.5 Å². The zero-order valence-corrected chi connectivity index (χ0v) is 17.4. The number of aromatic amines is 1. The van der Waals surface area contributed by atoms with Crippen LogP contribution in [-0.4, -0.2) is 20.7 Å². The maximum absolute atomic E-state index is 12.1. The highest BCUT2D eigenvalue weighted by molar-refractivity contribution is 6.37. The first-order valence-electron chi connectivity index (χ1n) is 9.43. The lowest BCUT2D eigenvalue weighted by atomic mass is 9.89. The van der Waals surface area contributed by atoms with Crippen LogP contribution in [0.25, 0.3) is 10.5 Å². The summed E-state index contributed by atoms with van der Waals surface area (Å²) in [6.45, 7) is 11.1. The molecule has 2 bridgehead atoms. The van der Waals surface area contributed by atoms with Crippen molar-refractivity contribution < 1.29 is 4.74 Å². The van der Waals surface area contributed by atoms with Crippen LogP contribution in [-0.2, 0) is 0 Å². The number of hydrogen-bond donors (Lipinski definition) is 2. The molecule has 2 aliphatic carbocycles. The molecule has 9 nitrogen and oxygen atoms in total. The summed E-state index contributed by atoms with van der Waals surface area (Å²) in [5.74, 6) is 0.923. The number of ether oxygens (including phenoxy) is 1. The van der Waals surface area contributed by atoms with Crippen LogP contribution in [0.15, 0.2) is 50.2 Å². The minimum atomic E-state index is -0.868. The van der Waals surface area contributed by atoms with Crippen molar-refractivity contribution in [2.75, 3.05) is 0 Å². The molecule has 3 aliphatic rings. The van der Waals surface area contributed by atoms with E-state index in [0.717, 1.165) is 40.8 Å². The van der Waals surface area contributed by atoms with E-state index in [9.17, 15) is 9.59 Å². The van der Waals surface area contributed by atoms with Crippen molar-refractivity contribution in [3.63, 3.8) is 0 Å². The summed E-state index contributed by atoms with van der Waals surface area (Å²) >= 11 is 12.8. The molecule has 1 aromatic heterocycles. The quantitative estimate of drug-likeness (QED) is 0.674. The van der Waals surface area contributed by atoms with E-state index >= 15 is 0 Å². The van der Waals surface area contributed by atoms with E-state index in [4.69, 9.17) is 34.5 Å². The first-order valence-corrected chi connectivity index (χ1v) is 10.2. The van der Waals surface area contributed by atoms with Gasteiger partial charge in [-0.15, -0.1) is 9.78 Å². The Morgan fingerprint density at radius 3 is 2.55 bits per heavy atom. The van der Waals surface area contributed by atoms with Crippen LogP contribution in [0.2, 0.25) is 10.0 Å². The molecule has 1 fully saturated rings. The minimum absolute atomic E-state index is 0.115. The van der Waals surface area contributed by atoms with E-state index in [0.29, 0.717) is 17.7 Å². The molecular weight excluding hydrogens is 443 g/mol. The normalized spacial score (nSPS) is 21.5. The van der Waals surface area contributed by atoms with E-state index < -0.39 is 17.1 Å². The second-order valence-corrected chi connectivity index (χ2v) is 8.30. The Hall–Kier alpha value is -3.35. The topological polar surface area (TPSA) is 106 Å². The number of benzene rings is 1. The highest BCUT2D eigenvalue weighted by atomic mass is 35.5. The van der Waals surface area contributed by atoms with Gasteiger partial charge in [0.2, 0.25) is 5.90 Å². The number of aromatic nitrogens is 3. The number of allylic oxidation sites excluding steroid dienone is 1. The maximum Gasteiger partial charge on any atom is 0.365 e. The van der Waals surface area contributed by atoms with Gasteiger partial charge in [-0.1, -0.05) is 36.4 Å². The molecule has 156 valence electrons. The third kappa shape index (κ3) is 3.07. The van der Waals surface area contributed by atoms with E-state index in [2.05, 4.69) is 27.0 Å². The summed E-state index contributed by atoms with van der Waals surface area (Å²) in [5, 5.41) is 8.30. The van der Waals surface area contributed by atoms with Gasteiger partial charge in [0.25, 0.3) is 5.56 Å². The van der Waals surface area contributed by atoms with Gasteiger partial charge in [-0.2, -0.15) is 0 Å². The maximum atomic E-state index is 12.1. The first kappa shape index (κ1) is 19.6. The Labute approximate surface area is 185 Å². The lowest BCUT2D eigenvalue weighted by Crippen LogP contribution is -2.31. The number of hydrogen-bond acceptors (Lipinski definition) is 6. The molecular formula is C20H14Cl2N6O3. The van der Waals surface area contributed by atoms with Gasteiger partial charge < -0.3 is 9.58 Å². The molecule has 0 spiro atoms. The zero-order valence-electron chi connectivity index (χ0n) is 15.9. The zero-order chi connectivity index (χ0) is 21.9. The molecule has 11 heteroatoms. The van der Waals surface area contributed by atoms with E-state index in [1.165, 1.54) is 12.1 Å². The fourth-order valence-electron chi connectivity index (χ4n) is 4.46. The summed E-state index contributed by atoms with van der Waals surface area (Å²) in [4.78, 5) is 28.8. The first-order chi connectivity index (χ1) is 14.9. The Morgan fingerprint density at radius 1 is 1.19 bits per heavy atom. The van der Waals surface area contributed by atoms with Crippen LogP contribution in [0.5, 0.6) is 5.75 Å². The molecule has 1 aromatic carbocycles. The van der Waals surface area contributed by atoms with Crippen LogP contribution < -0.4 is 21.4 Å². The Kier molecular flexibility index (Phi) is 4.50. The number of rotatable bonds is 2. The van der Waals surface area contributed by atoms with E-state index in [1.807, 2.05) is 4.98 Å². The molecule has 2 heterocycles. The molecule has 2 aromatic rings. The van der Waals surface area contributed by atoms with Crippen molar-refractivity contribution in [3.05, 3.63) is 77.9 Å². The van der Waals surface area contributed by atoms with Gasteiger partial charge >= 0.3 is 11.5 Å². The summed E-state index contributed by atoms with van der Waals surface area (Å²) in [6, 6.07) is 2.82. The smallest absolute Gasteiger partial charge is 0.365 e. The van der Waals surface area contributed by atoms with Crippen LogP contribution in [0.4, 0.5) is 5.82 Å². The highest BCUT2D eigenvalue weighted by Gasteiger charge is 2.44. The van der Waals surface area contributed by atoms with Crippen molar-refractivity contribution >= 4 is 34.9 Å². The molecule has 0 radical (unpaired) electrons. The lowest BCUT2D eigenvalue weighted by Gasteiger charge is -2.26. The fraction of sp³-hybridized carbons (Fsp3) is 0.250. The standard InChI is InChI=1S/C20H14Cl2N6O3/c1-8-14-9-3-4-10(5-9)15(14)19(26-25-8)31-16-12(21)6-11(7-13(16)22)28-20(30)24-18(29)17(23-2)27-28/h6-7,9-10,25H,1,3-5H2,(H,24,29,30). The number of nitrogens with one attached hydrogen (secondary N) is 2. The van der Waals surface area contributed by atoms with Gasteiger partial charge in [0.15, 0.2) is 5.75 Å². The summed E-state index contributed by atoms with van der Waals surface area (Å²) in [6.07, 6.45) is 3.25.